The number of benzene rings is 4. The second-order valence-electron chi connectivity index (χ2n) is 16.1. The van der Waals surface area contributed by atoms with Gasteiger partial charge in [0.15, 0.2) is 17.4 Å². The van der Waals surface area contributed by atoms with E-state index in [-0.39, 0.29) is 36.5 Å². The number of nitrogens with zero attached hydrogens (tertiary/aromatic N) is 5. The molecule has 3 amide bonds. The number of hydrogen-bond acceptors (Lipinski definition) is 7. The van der Waals surface area contributed by atoms with E-state index in [1.165, 1.54) is 15.7 Å². The van der Waals surface area contributed by atoms with Gasteiger partial charge in [-0.2, -0.15) is 9.49 Å². The molecule has 9 rings (SSSR count). The summed E-state index contributed by atoms with van der Waals surface area (Å²) < 4.78 is 46.7. The summed E-state index contributed by atoms with van der Waals surface area (Å²) in [6.45, 7) is 2.74. The number of amides is 3. The smallest absolute Gasteiger partial charge is 0.329 e. The van der Waals surface area contributed by atoms with Crippen LogP contribution in [0.2, 0.25) is 0 Å². The Balaban J connectivity index is 0.803. The zero-order valence-corrected chi connectivity index (χ0v) is 32.3. The lowest BCUT2D eigenvalue weighted by atomic mass is 9.86. The zero-order chi connectivity index (χ0) is 41.1. The predicted octanol–water partition coefficient (Wildman–Crippen LogP) is 6.18. The fraction of sp³-hybridized carbons (Fsp3) is 0.341. The first-order chi connectivity index (χ1) is 28.4. The van der Waals surface area contributed by atoms with Crippen molar-refractivity contribution in [3.05, 3.63) is 117 Å². The number of fused-ring (bicyclic) bond motifs is 3. The Morgan fingerprint density at radius 3 is 2.44 bits per heavy atom. The Kier molecular flexibility index (Phi) is 9.86. The molecule has 3 N–H and O–H groups in total. The van der Waals surface area contributed by atoms with E-state index in [9.17, 15) is 37.5 Å². The van der Waals surface area contributed by atoms with Gasteiger partial charge in [0.05, 0.1) is 28.2 Å². The second-order valence-corrected chi connectivity index (χ2v) is 16.1. The summed E-state index contributed by atoms with van der Waals surface area (Å²) in [5.41, 5.74) is 7.15. The van der Waals surface area contributed by atoms with Crippen molar-refractivity contribution in [2.24, 2.45) is 13.0 Å². The molecular weight excluding hydrogens is 764 g/mol. The zero-order valence-electron chi connectivity index (χ0n) is 32.3. The van der Waals surface area contributed by atoms with Crippen molar-refractivity contribution in [1.82, 2.24) is 34.4 Å². The van der Waals surface area contributed by atoms with E-state index >= 15 is 0 Å². The number of carbonyl (C=O) groups excluding carboxylic acids is 3. The van der Waals surface area contributed by atoms with Crippen LogP contribution >= 0.6 is 0 Å². The Morgan fingerprint density at radius 2 is 1.64 bits per heavy atom. The molecule has 2 fully saturated rings. The minimum absolute atomic E-state index is 0.116. The first kappa shape index (κ1) is 38.3. The molecule has 0 bridgehead atoms. The summed E-state index contributed by atoms with van der Waals surface area (Å²) in [7, 11) is 1.71. The number of imidazole rings is 1. The quantitative estimate of drug-likeness (QED) is 0.117. The van der Waals surface area contributed by atoms with E-state index in [0.717, 1.165) is 84.8 Å². The molecule has 12 nitrogen and oxygen atoms in total. The molecule has 59 heavy (non-hydrogen) atoms. The van der Waals surface area contributed by atoms with E-state index in [4.69, 9.17) is 5.10 Å². The van der Waals surface area contributed by atoms with E-state index in [1.807, 2.05) is 22.9 Å². The van der Waals surface area contributed by atoms with Gasteiger partial charge in [-0.1, -0.05) is 30.3 Å². The molecule has 4 heterocycles. The minimum atomic E-state index is -1.78. The molecule has 1 aliphatic carbocycles. The van der Waals surface area contributed by atoms with Gasteiger partial charge >= 0.3 is 5.69 Å². The maximum atomic E-state index is 14.2. The van der Waals surface area contributed by atoms with Crippen LogP contribution in [0.25, 0.3) is 33.1 Å². The maximum Gasteiger partial charge on any atom is 0.329 e. The van der Waals surface area contributed by atoms with Gasteiger partial charge in [-0.25, -0.2) is 13.6 Å². The van der Waals surface area contributed by atoms with Gasteiger partial charge in [0.25, 0.3) is 5.91 Å². The van der Waals surface area contributed by atoms with Crippen molar-refractivity contribution in [2.45, 2.75) is 70.1 Å². The van der Waals surface area contributed by atoms with Crippen molar-refractivity contribution in [3.8, 4) is 16.9 Å². The van der Waals surface area contributed by atoms with Crippen molar-refractivity contribution < 1.29 is 32.7 Å². The van der Waals surface area contributed by atoms with Crippen molar-refractivity contribution >= 4 is 39.7 Å². The van der Waals surface area contributed by atoms with Gasteiger partial charge in [-0.15, -0.1) is 0 Å². The van der Waals surface area contributed by atoms with E-state index in [0.29, 0.717) is 18.0 Å². The Hall–Kier alpha value is -6.22. The van der Waals surface area contributed by atoms with E-state index in [2.05, 4.69) is 58.1 Å². The number of carbonyl (C=O) groups is 3. The highest BCUT2D eigenvalue weighted by molar-refractivity contribution is 6.00. The van der Waals surface area contributed by atoms with Gasteiger partial charge in [-0.05, 0) is 103 Å². The topological polar surface area (TPSA) is 143 Å². The lowest BCUT2D eigenvalue weighted by Gasteiger charge is -2.28. The van der Waals surface area contributed by atoms with Crippen molar-refractivity contribution in [1.29, 1.82) is 0 Å². The molecule has 3 aliphatic rings. The molecule has 2 aliphatic heterocycles. The predicted molar refractivity (Wildman–Crippen MR) is 213 cm³/mol. The van der Waals surface area contributed by atoms with Crippen LogP contribution < -0.4 is 16.3 Å². The van der Waals surface area contributed by atoms with Crippen LogP contribution in [-0.4, -0.2) is 59.7 Å². The van der Waals surface area contributed by atoms with Gasteiger partial charge in [0, 0.05) is 51.2 Å². The third-order valence-corrected chi connectivity index (χ3v) is 12.4. The number of halogens is 3. The molecule has 0 radical (unpaired) electrons. The molecule has 15 heteroatoms. The molecule has 304 valence electrons. The van der Waals surface area contributed by atoms with Gasteiger partial charge in [-0.3, -0.25) is 38.4 Å². The van der Waals surface area contributed by atoms with Crippen LogP contribution in [0.4, 0.5) is 13.2 Å². The van der Waals surface area contributed by atoms with Crippen molar-refractivity contribution in [2.75, 3.05) is 13.1 Å². The highest BCUT2D eigenvalue weighted by Gasteiger charge is 2.32. The van der Waals surface area contributed by atoms with E-state index in [1.54, 1.807) is 11.6 Å². The third-order valence-electron chi connectivity index (χ3n) is 12.4. The molecule has 0 spiro atoms. The first-order valence-corrected chi connectivity index (χ1v) is 19.9. The lowest BCUT2D eigenvalue weighted by molar-refractivity contribution is -0.135. The Morgan fingerprint density at radius 1 is 0.881 bits per heavy atom. The number of imide groups is 1. The standard InChI is InChI=1S/C44H42F3N7O5/c1-51-37-16-24(4-11-35(37)54(44(51)59)36-12-13-38(55)49-43(36)58)14-15-52-21-28-7-5-26(17-30(28)22-52)27-6-8-29-23-53(50-34(29)18-27)31-9-2-25(3-10-31)20-48-42(57)32-19-33(45)41(56)40(47)39(32)46/h4-8,11,16-19,23,25,31,36,56H,2-3,9-10,12-15,20-22H2,1H3,(H,48,57)(H,49,55,58). The summed E-state index contributed by atoms with van der Waals surface area (Å²) >= 11 is 0. The van der Waals surface area contributed by atoms with Crippen molar-refractivity contribution in [3.63, 3.8) is 0 Å². The summed E-state index contributed by atoms with van der Waals surface area (Å²) in [5, 5.41) is 20.2. The minimum Gasteiger partial charge on any atom is -0.503 e. The number of rotatable bonds is 9. The molecule has 1 unspecified atom stereocenters. The third kappa shape index (κ3) is 7.17. The molecule has 6 aromatic rings. The lowest BCUT2D eigenvalue weighted by Crippen LogP contribution is -2.44. The molecule has 1 saturated carbocycles. The summed E-state index contributed by atoms with van der Waals surface area (Å²) in [6.07, 6.45) is 6.58. The number of aromatic nitrogens is 4. The second kappa shape index (κ2) is 15.2. The van der Waals surface area contributed by atoms with Crippen LogP contribution in [0.1, 0.15) is 77.7 Å². The first-order valence-electron chi connectivity index (χ1n) is 19.9. The highest BCUT2D eigenvalue weighted by Crippen LogP contribution is 2.35. The fourth-order valence-electron chi connectivity index (χ4n) is 8.98. The maximum absolute atomic E-state index is 14.2. The van der Waals surface area contributed by atoms with Gasteiger partial charge < -0.3 is 10.4 Å². The number of hydrogen-bond donors (Lipinski definition) is 3. The highest BCUT2D eigenvalue weighted by atomic mass is 19.2. The summed E-state index contributed by atoms with van der Waals surface area (Å²) in [6, 6.07) is 18.8. The monoisotopic (exact) mass is 805 g/mol. The molecular formula is C44H42F3N7O5. The number of aromatic hydroxyl groups is 1. The average Bonchev–Trinajstić information content (AvgIpc) is 3.93. The normalized spacial score (nSPS) is 19.7. The van der Waals surface area contributed by atoms with Crippen LogP contribution in [0.5, 0.6) is 5.75 Å². The average molecular weight is 806 g/mol. The molecule has 1 atom stereocenters. The summed E-state index contributed by atoms with van der Waals surface area (Å²) in [5.74, 6) is -7.79. The van der Waals surface area contributed by atoms with Crippen LogP contribution in [0, 0.1) is 23.4 Å². The number of aryl methyl sites for hydroxylation is 1. The largest absolute Gasteiger partial charge is 0.503 e. The number of phenolic OH excluding ortho intramolecular Hbond substituents is 1. The Bertz CT molecular complexity index is 2750. The molecule has 2 aromatic heterocycles. The van der Waals surface area contributed by atoms with Crippen LogP contribution in [0.3, 0.4) is 0 Å². The number of nitrogens with one attached hydrogen (secondary N) is 2. The fourth-order valence-corrected chi connectivity index (χ4v) is 8.98. The molecule has 4 aromatic carbocycles. The van der Waals surface area contributed by atoms with E-state index < -0.39 is 46.6 Å². The van der Waals surface area contributed by atoms with Gasteiger partial charge in [0.1, 0.15) is 6.04 Å². The van der Waals surface area contributed by atoms with Crippen LogP contribution in [0.15, 0.2) is 71.7 Å². The summed E-state index contributed by atoms with van der Waals surface area (Å²) in [4.78, 5) is 52.4. The molecule has 1 saturated heterocycles. The SMILES string of the molecule is Cn1c(=O)n(C2CCC(=O)NC2=O)c2ccc(CCN3Cc4ccc(-c5ccc6cn(C7CCC(CNC(=O)c8cc(F)c(O)c(F)c8F)CC7)nc6c5)cc4C3)cc21. The Labute approximate surface area is 336 Å². The van der Waals surface area contributed by atoms with Crippen LogP contribution in [-0.2, 0) is 36.1 Å². The van der Waals surface area contributed by atoms with Gasteiger partial charge in [0.2, 0.25) is 17.6 Å². The number of phenols is 1. The number of piperidine rings is 1.